The summed E-state index contributed by atoms with van der Waals surface area (Å²) in [5.74, 6) is 0. The first-order valence-electron chi connectivity index (χ1n) is 2.41. The lowest BCUT2D eigenvalue weighted by Crippen LogP contribution is -1.94. The summed E-state index contributed by atoms with van der Waals surface area (Å²) in [7, 11) is 0.712. The molecule has 0 aliphatic heterocycles. The predicted octanol–water partition coefficient (Wildman–Crippen LogP) is 0.320. The lowest BCUT2D eigenvalue weighted by atomic mass is 10.7. The fourth-order valence-corrected chi connectivity index (χ4v) is 3.51. The average molecular weight is 124 g/mol. The van der Waals surface area contributed by atoms with Crippen molar-refractivity contribution < 1.29 is 0 Å². The molecule has 0 aliphatic carbocycles. The maximum absolute atomic E-state index is 2.36. The Bertz CT molecular complexity index is 136. The van der Waals surface area contributed by atoms with E-state index in [-0.39, 0.29) is 7.90 Å². The molecule has 1 rings (SSSR count). The van der Waals surface area contributed by atoms with Gasteiger partial charge in [0, 0.05) is 16.5 Å². The minimum Gasteiger partial charge on any atom is -0.0846 e. The second kappa shape index (κ2) is 2.28. The molecule has 0 N–H and O–H groups in total. The van der Waals surface area contributed by atoms with Gasteiger partial charge in [0.1, 0.15) is 0 Å². The Morgan fingerprint density at radius 3 is 2.57 bits per heavy atom. The molecule has 1 aromatic heterocycles. The zero-order chi connectivity index (χ0) is 5.11. The van der Waals surface area contributed by atoms with Gasteiger partial charge in [-0.1, -0.05) is 30.0 Å². The van der Waals surface area contributed by atoms with Crippen LogP contribution >= 0.6 is 0 Å². The lowest BCUT2D eigenvalue weighted by Gasteiger charge is -1.80. The van der Waals surface area contributed by atoms with Gasteiger partial charge in [-0.2, -0.15) is 0 Å². The van der Waals surface area contributed by atoms with Crippen LogP contribution in [-0.2, 0) is 6.55 Å². The molecule has 0 aromatic carbocycles. The number of aryl methyl sites for hydroxylation is 1. The van der Waals surface area contributed by atoms with Gasteiger partial charge in [0.25, 0.3) is 0 Å². The van der Waals surface area contributed by atoms with Gasteiger partial charge in [-0.05, 0) is 0 Å². The molecule has 1 heterocycles. The molecule has 2 heteroatoms. The Kier molecular flexibility index (Phi) is 1.65. The lowest BCUT2D eigenvalue weighted by molar-refractivity contribution is 1.91. The van der Waals surface area contributed by atoms with Crippen molar-refractivity contribution in [3.63, 3.8) is 0 Å². The van der Waals surface area contributed by atoms with Crippen LogP contribution in [0.4, 0.5) is 0 Å². The predicted molar refractivity (Wildman–Crippen MR) is 36.1 cm³/mol. The number of hydrogen-bond donors (Lipinski definition) is 0. The van der Waals surface area contributed by atoms with Crippen molar-refractivity contribution in [2.75, 3.05) is 0 Å². The molecule has 0 unspecified atom stereocenters. The van der Waals surface area contributed by atoms with Crippen molar-refractivity contribution in [2.24, 2.45) is 6.55 Å². The maximum Gasteiger partial charge on any atom is 0.0126 e. The van der Waals surface area contributed by atoms with Gasteiger partial charge in [-0.15, -0.1) is 0 Å². The van der Waals surface area contributed by atoms with Gasteiger partial charge in [0.05, 0.1) is 0 Å². The van der Waals surface area contributed by atoms with E-state index in [1.54, 1.807) is 0 Å². The molecule has 0 saturated carbocycles. The summed E-state index contributed by atoms with van der Waals surface area (Å²) in [6, 6.07) is 4.33. The first kappa shape index (κ1) is 5.06. The van der Waals surface area contributed by atoms with Crippen LogP contribution in [0.25, 0.3) is 0 Å². The van der Waals surface area contributed by atoms with Crippen molar-refractivity contribution in [3.8, 4) is 0 Å². The third-order valence-electron chi connectivity index (χ3n) is 0.940. The number of rotatable bonds is 0. The molecule has 0 bridgehead atoms. The number of hydrogen-bond acceptors (Lipinski definition) is 0. The summed E-state index contributed by atoms with van der Waals surface area (Å²) in [6.07, 6.45) is 0. The van der Waals surface area contributed by atoms with Gasteiger partial charge in [-0.25, -0.2) is 0 Å². The first-order chi connectivity index (χ1) is 3.39. The molecular formula is C5H8Si2. The fourth-order valence-electron chi connectivity index (χ4n) is 0.534. The van der Waals surface area contributed by atoms with Crippen LogP contribution in [0.3, 0.4) is 0 Å². The van der Waals surface area contributed by atoms with Crippen LogP contribution in [0.1, 0.15) is 0 Å². The van der Waals surface area contributed by atoms with E-state index in [1.165, 1.54) is 0 Å². The second-order valence-electron chi connectivity index (χ2n) is 1.65. The van der Waals surface area contributed by atoms with E-state index < -0.39 is 0 Å². The minimum absolute atomic E-state index is 0.0229. The Hall–Kier alpha value is -0.0862. The van der Waals surface area contributed by atoms with Crippen molar-refractivity contribution in [3.05, 3.63) is 23.5 Å². The fraction of sp³-hybridized carbons (Fsp3) is 0.200. The van der Waals surface area contributed by atoms with Crippen LogP contribution in [-0.4, -0.2) is 16.5 Å². The van der Waals surface area contributed by atoms with E-state index in [0.29, 0.717) is 8.62 Å². The molecule has 0 atom stereocenters. The smallest absolute Gasteiger partial charge is 0.0126 e. The molecule has 0 aliphatic rings. The summed E-state index contributed by atoms with van der Waals surface area (Å²) in [5.41, 5.74) is 4.69. The van der Waals surface area contributed by atoms with E-state index in [1.807, 2.05) is 0 Å². The van der Waals surface area contributed by atoms with Crippen molar-refractivity contribution in [1.82, 2.24) is 0 Å². The van der Waals surface area contributed by atoms with Crippen LogP contribution in [0.2, 0.25) is 0 Å². The van der Waals surface area contributed by atoms with Crippen LogP contribution in [0.5, 0.6) is 0 Å². The van der Waals surface area contributed by atoms with E-state index in [0.717, 1.165) is 0 Å². The maximum atomic E-state index is 2.36. The highest BCUT2D eigenvalue weighted by Gasteiger charge is 1.74. The topological polar surface area (TPSA) is 0 Å². The Morgan fingerprint density at radius 1 is 1.43 bits per heavy atom. The first-order valence-corrected chi connectivity index (χ1v) is 6.96. The summed E-state index contributed by atoms with van der Waals surface area (Å²) >= 11 is 0. The molecule has 1 aromatic rings. The van der Waals surface area contributed by atoms with E-state index in [9.17, 15) is 0 Å². The minimum atomic E-state index is 0.0229. The highest BCUT2D eigenvalue weighted by molar-refractivity contribution is 6.89. The summed E-state index contributed by atoms with van der Waals surface area (Å²) < 4.78 is 0. The van der Waals surface area contributed by atoms with Crippen molar-refractivity contribution in [1.29, 1.82) is 0 Å². The monoisotopic (exact) mass is 124 g/mol. The molecule has 0 amide bonds. The molecule has 36 valence electrons. The molecule has 0 radical (unpaired) electrons. The van der Waals surface area contributed by atoms with Gasteiger partial charge < -0.3 is 0 Å². The largest absolute Gasteiger partial charge is 0.0846 e. The Morgan fingerprint density at radius 2 is 2.29 bits per heavy atom. The summed E-state index contributed by atoms with van der Waals surface area (Å²) in [5, 5.41) is 0. The normalized spacial score (nSPS) is 8.71. The van der Waals surface area contributed by atoms with Gasteiger partial charge in [0.2, 0.25) is 0 Å². The molecule has 0 spiro atoms. The SMILES string of the molecule is C[si]1cccc[siH]1. The van der Waals surface area contributed by atoms with Crippen molar-refractivity contribution >= 4 is 16.5 Å². The van der Waals surface area contributed by atoms with E-state index >= 15 is 0 Å². The van der Waals surface area contributed by atoms with Gasteiger partial charge in [0.15, 0.2) is 0 Å². The highest BCUT2D eigenvalue weighted by Crippen LogP contribution is 1.73. The standard InChI is InChI=1S/C5H8Si2/c1-7-5-3-2-4-6-7/h2-6H,1H3. The van der Waals surface area contributed by atoms with Gasteiger partial charge >= 0.3 is 0 Å². The zero-order valence-electron chi connectivity index (χ0n) is 4.39. The molecular weight excluding hydrogens is 116 g/mol. The Balaban J connectivity index is 3.02. The third kappa shape index (κ3) is 1.45. The van der Waals surface area contributed by atoms with Crippen LogP contribution in [0, 0.1) is 0 Å². The summed E-state index contributed by atoms with van der Waals surface area (Å²) in [4.78, 5) is 0. The Labute approximate surface area is 47.3 Å². The summed E-state index contributed by atoms with van der Waals surface area (Å²) in [6.45, 7) is 2.36. The molecule has 7 heavy (non-hydrogen) atoms. The average Bonchev–Trinajstić information content (AvgIpc) is 1.69. The van der Waals surface area contributed by atoms with Crippen LogP contribution in [0.15, 0.2) is 23.5 Å². The molecule has 0 saturated heterocycles. The van der Waals surface area contributed by atoms with Crippen molar-refractivity contribution in [2.45, 2.75) is 0 Å². The van der Waals surface area contributed by atoms with Crippen LogP contribution < -0.4 is 0 Å². The molecule has 0 fully saturated rings. The highest BCUT2D eigenvalue weighted by atomic mass is 29.0. The van der Waals surface area contributed by atoms with E-state index in [2.05, 4.69) is 30.0 Å². The van der Waals surface area contributed by atoms with Gasteiger partial charge in [-0.3, -0.25) is 0 Å². The zero-order valence-corrected chi connectivity index (χ0v) is 6.54. The second-order valence-corrected chi connectivity index (χ2v) is 7.93. The quantitative estimate of drug-likeness (QED) is 0.437. The molecule has 0 nitrogen and oxygen atoms in total. The third-order valence-corrected chi connectivity index (χ3v) is 5.33. The van der Waals surface area contributed by atoms with E-state index in [4.69, 9.17) is 0 Å².